The number of hydrogen-bond acceptors (Lipinski definition) is 3. The van der Waals surface area contributed by atoms with Crippen molar-refractivity contribution < 1.29 is 14.3 Å². The van der Waals surface area contributed by atoms with Gasteiger partial charge in [-0.3, -0.25) is 4.79 Å². The molecule has 2 rings (SSSR count). The van der Waals surface area contributed by atoms with Gasteiger partial charge in [0, 0.05) is 23.8 Å². The van der Waals surface area contributed by atoms with E-state index >= 15 is 0 Å². The van der Waals surface area contributed by atoms with E-state index in [2.05, 4.69) is 0 Å². The standard InChI is InChI=1S/C14H18FNO2/c15-12-5-6-14(11(9-12)10-18)16(7-8-17)13-3-1-2-4-13/h5-6,9-10,13,17H,1-4,7-8H2. The van der Waals surface area contributed by atoms with E-state index in [0.717, 1.165) is 18.5 Å². The van der Waals surface area contributed by atoms with Gasteiger partial charge in [0.1, 0.15) is 5.82 Å². The summed E-state index contributed by atoms with van der Waals surface area (Å²) in [6.07, 6.45) is 5.15. The molecule has 0 unspecified atom stereocenters. The number of aliphatic hydroxyl groups is 1. The molecule has 0 atom stereocenters. The Morgan fingerprint density at radius 2 is 2.11 bits per heavy atom. The van der Waals surface area contributed by atoms with Crippen molar-refractivity contribution in [3.05, 3.63) is 29.6 Å². The Bertz CT molecular complexity index is 416. The van der Waals surface area contributed by atoms with Crippen LogP contribution in [0.3, 0.4) is 0 Å². The predicted molar refractivity (Wildman–Crippen MR) is 68.5 cm³/mol. The summed E-state index contributed by atoms with van der Waals surface area (Å²) < 4.78 is 13.1. The van der Waals surface area contributed by atoms with Crippen molar-refractivity contribution in [3.63, 3.8) is 0 Å². The lowest BCUT2D eigenvalue weighted by molar-refractivity contribution is 0.112. The molecule has 1 aliphatic rings. The van der Waals surface area contributed by atoms with Crippen LogP contribution in [-0.2, 0) is 0 Å². The van der Waals surface area contributed by atoms with Crippen LogP contribution in [0.15, 0.2) is 18.2 Å². The normalized spacial score (nSPS) is 15.9. The summed E-state index contributed by atoms with van der Waals surface area (Å²) in [7, 11) is 0. The first kappa shape index (κ1) is 13.0. The van der Waals surface area contributed by atoms with Crippen LogP contribution in [0.4, 0.5) is 10.1 Å². The number of rotatable bonds is 5. The lowest BCUT2D eigenvalue weighted by Crippen LogP contribution is -2.36. The molecule has 1 aliphatic carbocycles. The summed E-state index contributed by atoms with van der Waals surface area (Å²) in [5.74, 6) is -0.406. The van der Waals surface area contributed by atoms with E-state index in [0.29, 0.717) is 24.4 Å². The van der Waals surface area contributed by atoms with Crippen LogP contribution in [0.25, 0.3) is 0 Å². The molecule has 0 radical (unpaired) electrons. The molecule has 18 heavy (non-hydrogen) atoms. The molecule has 0 heterocycles. The highest BCUT2D eigenvalue weighted by atomic mass is 19.1. The zero-order chi connectivity index (χ0) is 13.0. The predicted octanol–water partition coefficient (Wildman–Crippen LogP) is 2.38. The van der Waals surface area contributed by atoms with Gasteiger partial charge in [-0.05, 0) is 31.0 Å². The number of anilines is 1. The summed E-state index contributed by atoms with van der Waals surface area (Å²) in [6, 6.07) is 4.59. The highest BCUT2D eigenvalue weighted by molar-refractivity contribution is 5.84. The van der Waals surface area contributed by atoms with Gasteiger partial charge in [0.05, 0.1) is 6.61 Å². The van der Waals surface area contributed by atoms with Gasteiger partial charge in [-0.2, -0.15) is 0 Å². The molecule has 1 saturated carbocycles. The maximum atomic E-state index is 13.1. The number of carbonyl (C=O) groups excluding carboxylic acids is 1. The van der Waals surface area contributed by atoms with Crippen molar-refractivity contribution in [2.75, 3.05) is 18.1 Å². The first-order valence-electron chi connectivity index (χ1n) is 6.38. The SMILES string of the molecule is O=Cc1cc(F)ccc1N(CCO)C1CCCC1. The van der Waals surface area contributed by atoms with E-state index in [9.17, 15) is 14.3 Å². The smallest absolute Gasteiger partial charge is 0.152 e. The number of nitrogens with zero attached hydrogens (tertiary/aromatic N) is 1. The summed E-state index contributed by atoms with van der Waals surface area (Å²) in [4.78, 5) is 13.1. The summed E-state index contributed by atoms with van der Waals surface area (Å²) in [6.45, 7) is 0.517. The Labute approximate surface area is 106 Å². The molecule has 0 spiro atoms. The Morgan fingerprint density at radius 3 is 2.72 bits per heavy atom. The fraction of sp³-hybridized carbons (Fsp3) is 0.500. The molecule has 0 aromatic heterocycles. The first-order chi connectivity index (χ1) is 8.76. The molecule has 1 aromatic rings. The highest BCUT2D eigenvalue weighted by Gasteiger charge is 2.24. The lowest BCUT2D eigenvalue weighted by atomic mass is 10.1. The third-order valence-electron chi connectivity index (χ3n) is 3.53. The van der Waals surface area contributed by atoms with Gasteiger partial charge in [-0.15, -0.1) is 0 Å². The van der Waals surface area contributed by atoms with E-state index in [-0.39, 0.29) is 6.61 Å². The highest BCUT2D eigenvalue weighted by Crippen LogP contribution is 2.30. The van der Waals surface area contributed by atoms with Crippen LogP contribution in [0, 0.1) is 5.82 Å². The van der Waals surface area contributed by atoms with Crippen LogP contribution in [0.1, 0.15) is 36.0 Å². The Kier molecular flexibility index (Phi) is 4.31. The van der Waals surface area contributed by atoms with Crippen molar-refractivity contribution in [1.29, 1.82) is 0 Å². The fourth-order valence-electron chi connectivity index (χ4n) is 2.70. The fourth-order valence-corrected chi connectivity index (χ4v) is 2.70. The van der Waals surface area contributed by atoms with Gasteiger partial charge >= 0.3 is 0 Å². The van der Waals surface area contributed by atoms with Crippen molar-refractivity contribution in [2.24, 2.45) is 0 Å². The summed E-state index contributed by atoms with van der Waals surface area (Å²) >= 11 is 0. The minimum atomic E-state index is -0.406. The van der Waals surface area contributed by atoms with Gasteiger partial charge in [0.25, 0.3) is 0 Å². The van der Waals surface area contributed by atoms with Crippen LogP contribution in [0.5, 0.6) is 0 Å². The molecular weight excluding hydrogens is 233 g/mol. The average molecular weight is 251 g/mol. The topological polar surface area (TPSA) is 40.5 Å². The maximum Gasteiger partial charge on any atom is 0.152 e. The number of hydrogen-bond donors (Lipinski definition) is 1. The van der Waals surface area contributed by atoms with Gasteiger partial charge in [0.15, 0.2) is 6.29 Å². The molecule has 0 saturated heterocycles. The third-order valence-corrected chi connectivity index (χ3v) is 3.53. The summed E-state index contributed by atoms with van der Waals surface area (Å²) in [5, 5.41) is 9.17. The molecule has 0 amide bonds. The molecule has 4 heteroatoms. The monoisotopic (exact) mass is 251 g/mol. The van der Waals surface area contributed by atoms with Crippen molar-refractivity contribution in [3.8, 4) is 0 Å². The van der Waals surface area contributed by atoms with Gasteiger partial charge in [-0.1, -0.05) is 12.8 Å². The quantitative estimate of drug-likeness (QED) is 0.817. The number of halogens is 1. The van der Waals surface area contributed by atoms with Gasteiger partial charge in [0.2, 0.25) is 0 Å². The van der Waals surface area contributed by atoms with Crippen LogP contribution >= 0.6 is 0 Å². The molecule has 1 N–H and O–H groups in total. The van der Waals surface area contributed by atoms with E-state index in [1.807, 2.05) is 4.90 Å². The lowest BCUT2D eigenvalue weighted by Gasteiger charge is -2.31. The second-order valence-electron chi connectivity index (χ2n) is 4.68. The third kappa shape index (κ3) is 2.70. The molecule has 98 valence electrons. The Hall–Kier alpha value is -1.42. The number of carbonyl (C=O) groups is 1. The summed E-state index contributed by atoms with van der Waals surface area (Å²) in [5.41, 5.74) is 1.09. The van der Waals surface area contributed by atoms with Crippen molar-refractivity contribution in [2.45, 2.75) is 31.7 Å². The first-order valence-corrected chi connectivity index (χ1v) is 6.38. The van der Waals surface area contributed by atoms with E-state index < -0.39 is 5.82 Å². The van der Waals surface area contributed by atoms with E-state index in [1.165, 1.54) is 25.0 Å². The van der Waals surface area contributed by atoms with E-state index in [4.69, 9.17) is 0 Å². The van der Waals surface area contributed by atoms with Crippen molar-refractivity contribution >= 4 is 12.0 Å². The Balaban J connectivity index is 2.31. The average Bonchev–Trinajstić information content (AvgIpc) is 2.90. The van der Waals surface area contributed by atoms with Crippen LogP contribution in [0.2, 0.25) is 0 Å². The molecule has 0 aliphatic heterocycles. The van der Waals surface area contributed by atoms with Crippen LogP contribution in [-0.4, -0.2) is 30.6 Å². The van der Waals surface area contributed by atoms with Crippen LogP contribution < -0.4 is 4.90 Å². The molecule has 3 nitrogen and oxygen atoms in total. The zero-order valence-corrected chi connectivity index (χ0v) is 10.3. The Morgan fingerprint density at radius 1 is 1.39 bits per heavy atom. The number of aldehydes is 1. The van der Waals surface area contributed by atoms with Crippen molar-refractivity contribution in [1.82, 2.24) is 0 Å². The minimum Gasteiger partial charge on any atom is -0.395 e. The molecule has 0 bridgehead atoms. The van der Waals surface area contributed by atoms with Gasteiger partial charge < -0.3 is 10.0 Å². The largest absolute Gasteiger partial charge is 0.395 e. The second-order valence-corrected chi connectivity index (χ2v) is 4.68. The number of benzene rings is 1. The van der Waals surface area contributed by atoms with Gasteiger partial charge in [-0.25, -0.2) is 4.39 Å². The zero-order valence-electron chi connectivity index (χ0n) is 10.3. The molecule has 1 fully saturated rings. The number of aliphatic hydroxyl groups excluding tert-OH is 1. The molecule has 1 aromatic carbocycles. The minimum absolute atomic E-state index is 0.0339. The van der Waals surface area contributed by atoms with E-state index in [1.54, 1.807) is 6.07 Å². The molecular formula is C14H18FNO2. The maximum absolute atomic E-state index is 13.1. The second kappa shape index (κ2) is 5.96.